The first-order chi connectivity index (χ1) is 9.36. The van der Waals surface area contributed by atoms with Gasteiger partial charge in [-0.1, -0.05) is 0 Å². The fourth-order valence-corrected chi connectivity index (χ4v) is 3.24. The first kappa shape index (κ1) is 12.5. The predicted octanol–water partition coefficient (Wildman–Crippen LogP) is 1.22. The van der Waals surface area contributed by atoms with Gasteiger partial charge < -0.3 is 10.2 Å². The van der Waals surface area contributed by atoms with E-state index in [1.807, 2.05) is 4.90 Å². The van der Waals surface area contributed by atoms with E-state index in [9.17, 15) is 4.79 Å². The maximum Gasteiger partial charge on any atom is 0.257 e. The van der Waals surface area contributed by atoms with Crippen LogP contribution in [0.25, 0.3) is 0 Å². The summed E-state index contributed by atoms with van der Waals surface area (Å²) in [7, 11) is 0. The molecule has 2 aliphatic heterocycles. The van der Waals surface area contributed by atoms with Crippen molar-refractivity contribution in [2.24, 2.45) is 0 Å². The van der Waals surface area contributed by atoms with Crippen LogP contribution in [-0.4, -0.2) is 45.9 Å². The Morgan fingerprint density at radius 3 is 2.79 bits per heavy atom. The summed E-state index contributed by atoms with van der Waals surface area (Å²) in [5.74, 6) is 0.0824. The molecule has 3 rings (SSSR count). The molecular formula is C14H20N4O. The number of aromatic nitrogens is 2. The Hall–Kier alpha value is -1.49. The summed E-state index contributed by atoms with van der Waals surface area (Å²) < 4.78 is 0. The maximum absolute atomic E-state index is 12.6. The minimum absolute atomic E-state index is 0.0824. The van der Waals surface area contributed by atoms with E-state index < -0.39 is 0 Å². The van der Waals surface area contributed by atoms with E-state index in [0.29, 0.717) is 17.6 Å². The molecule has 2 fully saturated rings. The predicted molar refractivity (Wildman–Crippen MR) is 71.7 cm³/mol. The zero-order chi connectivity index (χ0) is 13.1. The first-order valence-electron chi connectivity index (χ1n) is 7.15. The number of nitrogens with zero attached hydrogens (tertiary/aromatic N) is 3. The summed E-state index contributed by atoms with van der Waals surface area (Å²) in [6.07, 6.45) is 10.5. The minimum Gasteiger partial charge on any atom is -0.334 e. The maximum atomic E-state index is 12.6. The lowest BCUT2D eigenvalue weighted by atomic mass is 9.94. The van der Waals surface area contributed by atoms with Gasteiger partial charge in [-0.25, -0.2) is 9.97 Å². The van der Waals surface area contributed by atoms with Crippen molar-refractivity contribution >= 4 is 5.91 Å². The average molecular weight is 260 g/mol. The lowest BCUT2D eigenvalue weighted by Crippen LogP contribution is -2.52. The number of likely N-dealkylation sites (tertiary alicyclic amines) is 1. The highest BCUT2D eigenvalue weighted by atomic mass is 16.2. The highest BCUT2D eigenvalue weighted by molar-refractivity contribution is 5.93. The van der Waals surface area contributed by atoms with Crippen LogP contribution in [0.4, 0.5) is 0 Å². The van der Waals surface area contributed by atoms with E-state index in [1.165, 1.54) is 25.6 Å². The zero-order valence-corrected chi connectivity index (χ0v) is 11.1. The molecular weight excluding hydrogens is 240 g/mol. The van der Waals surface area contributed by atoms with Crippen molar-refractivity contribution in [3.8, 4) is 0 Å². The first-order valence-corrected chi connectivity index (χ1v) is 7.15. The summed E-state index contributed by atoms with van der Waals surface area (Å²) in [6.45, 7) is 1.94. The summed E-state index contributed by atoms with van der Waals surface area (Å²) in [5, 5.41) is 3.54. The monoisotopic (exact) mass is 260 g/mol. The molecule has 0 spiro atoms. The number of amides is 1. The van der Waals surface area contributed by atoms with Gasteiger partial charge in [0.2, 0.25) is 0 Å². The van der Waals surface area contributed by atoms with Crippen LogP contribution in [0.2, 0.25) is 0 Å². The van der Waals surface area contributed by atoms with Gasteiger partial charge in [-0.3, -0.25) is 4.79 Å². The van der Waals surface area contributed by atoms with Crippen LogP contribution in [0, 0.1) is 0 Å². The molecule has 1 aromatic rings. The molecule has 5 nitrogen and oxygen atoms in total. The van der Waals surface area contributed by atoms with Crippen LogP contribution in [0.1, 0.15) is 42.5 Å². The molecule has 0 aliphatic carbocycles. The van der Waals surface area contributed by atoms with E-state index in [2.05, 4.69) is 15.3 Å². The standard InChI is InChI=1S/C14H20N4O/c19-14(11-8-15-10-16-9-11)18-7-2-1-5-13(18)12-4-3-6-17-12/h8-10,12-13,17H,1-7H2. The second kappa shape index (κ2) is 5.65. The van der Waals surface area contributed by atoms with Crippen molar-refractivity contribution in [1.82, 2.24) is 20.2 Å². The quantitative estimate of drug-likeness (QED) is 0.868. The normalized spacial score (nSPS) is 27.5. The molecule has 3 heterocycles. The second-order valence-corrected chi connectivity index (χ2v) is 5.39. The molecule has 19 heavy (non-hydrogen) atoms. The molecule has 1 amide bonds. The van der Waals surface area contributed by atoms with Crippen LogP contribution < -0.4 is 5.32 Å². The molecule has 2 unspecified atom stereocenters. The highest BCUT2D eigenvalue weighted by Gasteiger charge is 2.34. The van der Waals surface area contributed by atoms with E-state index in [0.717, 1.165) is 25.9 Å². The molecule has 2 aliphatic rings. The Labute approximate surface area is 113 Å². The SMILES string of the molecule is O=C(c1cncnc1)N1CCCCC1C1CCCN1. The van der Waals surface area contributed by atoms with Crippen molar-refractivity contribution in [3.05, 3.63) is 24.3 Å². The van der Waals surface area contributed by atoms with Crippen LogP contribution in [0.5, 0.6) is 0 Å². The van der Waals surface area contributed by atoms with Crippen LogP contribution in [0.15, 0.2) is 18.7 Å². The summed E-state index contributed by atoms with van der Waals surface area (Å²) in [6, 6.07) is 0.804. The molecule has 0 saturated carbocycles. The second-order valence-electron chi connectivity index (χ2n) is 5.39. The van der Waals surface area contributed by atoms with Gasteiger partial charge in [-0.15, -0.1) is 0 Å². The van der Waals surface area contributed by atoms with Gasteiger partial charge >= 0.3 is 0 Å². The molecule has 1 aromatic heterocycles. The number of rotatable bonds is 2. The third kappa shape index (κ3) is 2.61. The largest absolute Gasteiger partial charge is 0.334 e. The number of hydrogen-bond donors (Lipinski definition) is 1. The van der Waals surface area contributed by atoms with E-state index >= 15 is 0 Å². The highest BCUT2D eigenvalue weighted by Crippen LogP contribution is 2.25. The molecule has 102 valence electrons. The topological polar surface area (TPSA) is 58.1 Å². The number of piperidine rings is 1. The van der Waals surface area contributed by atoms with Crippen LogP contribution in [-0.2, 0) is 0 Å². The van der Waals surface area contributed by atoms with Crippen LogP contribution >= 0.6 is 0 Å². The fourth-order valence-electron chi connectivity index (χ4n) is 3.24. The van der Waals surface area contributed by atoms with E-state index in [-0.39, 0.29) is 5.91 Å². The van der Waals surface area contributed by atoms with Crippen molar-refractivity contribution in [1.29, 1.82) is 0 Å². The van der Waals surface area contributed by atoms with Crippen molar-refractivity contribution in [2.75, 3.05) is 13.1 Å². The average Bonchev–Trinajstić information content (AvgIpc) is 3.01. The third-order valence-electron chi connectivity index (χ3n) is 4.18. The smallest absolute Gasteiger partial charge is 0.257 e. The Kier molecular flexibility index (Phi) is 3.73. The van der Waals surface area contributed by atoms with Gasteiger partial charge in [-0.2, -0.15) is 0 Å². The molecule has 0 aromatic carbocycles. The van der Waals surface area contributed by atoms with Gasteiger partial charge in [0.15, 0.2) is 0 Å². The lowest BCUT2D eigenvalue weighted by molar-refractivity contribution is 0.0562. The molecule has 1 N–H and O–H groups in total. The number of hydrogen-bond acceptors (Lipinski definition) is 4. The number of nitrogens with one attached hydrogen (secondary N) is 1. The Morgan fingerprint density at radius 1 is 1.21 bits per heavy atom. The lowest BCUT2D eigenvalue weighted by Gasteiger charge is -2.39. The third-order valence-corrected chi connectivity index (χ3v) is 4.18. The van der Waals surface area contributed by atoms with Gasteiger partial charge in [-0.05, 0) is 38.6 Å². The zero-order valence-electron chi connectivity index (χ0n) is 11.1. The minimum atomic E-state index is 0.0824. The summed E-state index contributed by atoms with van der Waals surface area (Å²) in [5.41, 5.74) is 0.604. The van der Waals surface area contributed by atoms with Gasteiger partial charge in [0, 0.05) is 31.0 Å². The van der Waals surface area contributed by atoms with Gasteiger partial charge in [0.1, 0.15) is 6.33 Å². The molecule has 0 bridgehead atoms. The van der Waals surface area contributed by atoms with E-state index in [4.69, 9.17) is 0 Å². The van der Waals surface area contributed by atoms with Crippen LogP contribution in [0.3, 0.4) is 0 Å². The Morgan fingerprint density at radius 2 is 2.05 bits per heavy atom. The molecule has 2 atom stereocenters. The number of carbonyl (C=O) groups excluding carboxylic acids is 1. The van der Waals surface area contributed by atoms with Gasteiger partial charge in [0.05, 0.1) is 5.56 Å². The molecule has 2 saturated heterocycles. The van der Waals surface area contributed by atoms with E-state index in [1.54, 1.807) is 12.4 Å². The van der Waals surface area contributed by atoms with Crippen molar-refractivity contribution in [3.63, 3.8) is 0 Å². The van der Waals surface area contributed by atoms with Crippen molar-refractivity contribution in [2.45, 2.75) is 44.2 Å². The molecule has 5 heteroatoms. The van der Waals surface area contributed by atoms with Crippen molar-refractivity contribution < 1.29 is 4.79 Å². The summed E-state index contributed by atoms with van der Waals surface area (Å²) in [4.78, 5) is 22.5. The Balaban J connectivity index is 1.78. The van der Waals surface area contributed by atoms with Gasteiger partial charge in [0.25, 0.3) is 5.91 Å². The number of carbonyl (C=O) groups is 1. The fraction of sp³-hybridized carbons (Fsp3) is 0.643. The Bertz CT molecular complexity index is 430. The molecule has 0 radical (unpaired) electrons. The summed E-state index contributed by atoms with van der Waals surface area (Å²) >= 11 is 0.